The molecule has 1 fully saturated rings. The number of nitrogens with zero attached hydrogens (tertiary/aromatic N) is 2. The molecular formula is C12H18FN3O. The van der Waals surface area contributed by atoms with Gasteiger partial charge in [-0.1, -0.05) is 6.92 Å². The summed E-state index contributed by atoms with van der Waals surface area (Å²) in [5.41, 5.74) is 6.40. The second-order valence-electron chi connectivity index (χ2n) is 4.17. The number of hydrogen-bond acceptors (Lipinski definition) is 4. The number of ether oxygens (including phenoxy) is 1. The van der Waals surface area contributed by atoms with Crippen LogP contribution < -0.4 is 10.6 Å². The molecule has 0 aliphatic carbocycles. The van der Waals surface area contributed by atoms with Crippen molar-refractivity contribution in [2.75, 3.05) is 24.7 Å². The van der Waals surface area contributed by atoms with Crippen LogP contribution in [0.1, 0.15) is 18.9 Å². The third-order valence-electron chi connectivity index (χ3n) is 3.10. The van der Waals surface area contributed by atoms with Crippen LogP contribution in [-0.2, 0) is 11.3 Å². The third-order valence-corrected chi connectivity index (χ3v) is 3.10. The Hall–Kier alpha value is -1.20. The van der Waals surface area contributed by atoms with E-state index in [1.165, 1.54) is 12.3 Å². The molecule has 94 valence electrons. The lowest BCUT2D eigenvalue weighted by Gasteiger charge is -2.36. The number of pyridine rings is 1. The predicted octanol–water partition coefficient (Wildman–Crippen LogP) is 1.29. The summed E-state index contributed by atoms with van der Waals surface area (Å²) in [4.78, 5) is 6.36. The van der Waals surface area contributed by atoms with E-state index in [1.54, 1.807) is 0 Å². The maximum absolute atomic E-state index is 13.1. The van der Waals surface area contributed by atoms with Gasteiger partial charge in [-0.15, -0.1) is 0 Å². The number of rotatable bonds is 3. The van der Waals surface area contributed by atoms with Crippen molar-refractivity contribution in [3.8, 4) is 0 Å². The number of morpholine rings is 1. The molecule has 0 spiro atoms. The highest BCUT2D eigenvalue weighted by Gasteiger charge is 2.24. The zero-order chi connectivity index (χ0) is 12.3. The van der Waals surface area contributed by atoms with Gasteiger partial charge in [0.05, 0.1) is 25.5 Å². The first-order valence-corrected chi connectivity index (χ1v) is 5.95. The zero-order valence-electron chi connectivity index (χ0n) is 10.0. The van der Waals surface area contributed by atoms with Gasteiger partial charge in [0.25, 0.3) is 0 Å². The van der Waals surface area contributed by atoms with Gasteiger partial charge in [0.1, 0.15) is 11.6 Å². The number of anilines is 1. The van der Waals surface area contributed by atoms with E-state index in [4.69, 9.17) is 10.5 Å². The lowest BCUT2D eigenvalue weighted by molar-refractivity contribution is 0.0924. The van der Waals surface area contributed by atoms with Crippen LogP contribution in [0.25, 0.3) is 0 Å². The lowest BCUT2D eigenvalue weighted by Crippen LogP contribution is -2.46. The average Bonchev–Trinajstić information content (AvgIpc) is 2.38. The van der Waals surface area contributed by atoms with E-state index in [1.807, 2.05) is 0 Å². The quantitative estimate of drug-likeness (QED) is 0.863. The number of aromatic nitrogens is 1. The summed E-state index contributed by atoms with van der Waals surface area (Å²) < 4.78 is 18.6. The molecule has 0 aromatic carbocycles. The van der Waals surface area contributed by atoms with Crippen molar-refractivity contribution in [1.29, 1.82) is 0 Å². The Labute approximate surface area is 101 Å². The molecule has 2 rings (SSSR count). The van der Waals surface area contributed by atoms with Gasteiger partial charge in [-0.25, -0.2) is 9.37 Å². The van der Waals surface area contributed by atoms with Gasteiger partial charge in [0, 0.05) is 18.7 Å². The molecule has 1 aliphatic heterocycles. The van der Waals surface area contributed by atoms with Gasteiger partial charge in [-0.05, 0) is 12.5 Å². The molecule has 1 atom stereocenters. The maximum atomic E-state index is 13.1. The van der Waals surface area contributed by atoms with Crippen molar-refractivity contribution in [1.82, 2.24) is 4.98 Å². The third kappa shape index (κ3) is 2.56. The summed E-state index contributed by atoms with van der Waals surface area (Å²) in [6.45, 7) is 4.56. The highest BCUT2D eigenvalue weighted by Crippen LogP contribution is 2.23. The molecule has 4 nitrogen and oxygen atoms in total. The SMILES string of the molecule is CCC1COCCN1c1ncc(F)cc1CN. The predicted molar refractivity (Wildman–Crippen MR) is 64.3 cm³/mol. The molecule has 0 radical (unpaired) electrons. The highest BCUT2D eigenvalue weighted by molar-refractivity contribution is 5.48. The molecule has 1 aliphatic rings. The van der Waals surface area contributed by atoms with Crippen LogP contribution in [0.3, 0.4) is 0 Å². The molecular weight excluding hydrogens is 221 g/mol. The normalized spacial score (nSPS) is 20.6. The van der Waals surface area contributed by atoms with E-state index in [9.17, 15) is 4.39 Å². The Kier molecular flexibility index (Phi) is 3.91. The fourth-order valence-electron chi connectivity index (χ4n) is 2.15. The zero-order valence-corrected chi connectivity index (χ0v) is 10.0. The first-order valence-electron chi connectivity index (χ1n) is 5.95. The Morgan fingerprint density at radius 3 is 3.18 bits per heavy atom. The molecule has 0 bridgehead atoms. The van der Waals surface area contributed by atoms with E-state index in [2.05, 4.69) is 16.8 Å². The number of nitrogens with two attached hydrogens (primary N) is 1. The Morgan fingerprint density at radius 1 is 1.65 bits per heavy atom. The summed E-state index contributed by atoms with van der Waals surface area (Å²) in [6.07, 6.45) is 2.22. The minimum atomic E-state index is -0.337. The Balaban J connectivity index is 2.30. The average molecular weight is 239 g/mol. The van der Waals surface area contributed by atoms with Crippen LogP contribution in [0.15, 0.2) is 12.3 Å². The van der Waals surface area contributed by atoms with Crippen LogP contribution in [0.4, 0.5) is 10.2 Å². The molecule has 5 heteroatoms. The fourth-order valence-corrected chi connectivity index (χ4v) is 2.15. The van der Waals surface area contributed by atoms with Crippen molar-refractivity contribution in [2.45, 2.75) is 25.9 Å². The molecule has 2 heterocycles. The molecule has 17 heavy (non-hydrogen) atoms. The minimum absolute atomic E-state index is 0.298. The molecule has 1 aromatic heterocycles. The van der Waals surface area contributed by atoms with Gasteiger partial charge >= 0.3 is 0 Å². The summed E-state index contributed by atoms with van der Waals surface area (Å²) >= 11 is 0. The van der Waals surface area contributed by atoms with Crippen molar-refractivity contribution in [3.63, 3.8) is 0 Å². The lowest BCUT2D eigenvalue weighted by atomic mass is 10.1. The van der Waals surface area contributed by atoms with E-state index in [0.29, 0.717) is 25.8 Å². The molecule has 1 unspecified atom stereocenters. The van der Waals surface area contributed by atoms with Gasteiger partial charge in [-0.2, -0.15) is 0 Å². The second-order valence-corrected chi connectivity index (χ2v) is 4.17. The maximum Gasteiger partial charge on any atom is 0.141 e. The first kappa shape index (κ1) is 12.3. The van der Waals surface area contributed by atoms with E-state index in [0.717, 1.165) is 24.3 Å². The summed E-state index contributed by atoms with van der Waals surface area (Å²) in [7, 11) is 0. The largest absolute Gasteiger partial charge is 0.377 e. The summed E-state index contributed by atoms with van der Waals surface area (Å²) in [5.74, 6) is 0.458. The van der Waals surface area contributed by atoms with Crippen molar-refractivity contribution < 1.29 is 9.13 Å². The van der Waals surface area contributed by atoms with Crippen LogP contribution in [0.2, 0.25) is 0 Å². The second kappa shape index (κ2) is 5.42. The van der Waals surface area contributed by atoms with Crippen LogP contribution in [0, 0.1) is 5.82 Å². The van der Waals surface area contributed by atoms with Crippen LogP contribution in [-0.4, -0.2) is 30.8 Å². The van der Waals surface area contributed by atoms with Gasteiger partial charge < -0.3 is 15.4 Å². The molecule has 1 saturated heterocycles. The summed E-state index contributed by atoms with van der Waals surface area (Å²) in [5, 5.41) is 0. The monoisotopic (exact) mass is 239 g/mol. The molecule has 2 N–H and O–H groups in total. The topological polar surface area (TPSA) is 51.4 Å². The van der Waals surface area contributed by atoms with E-state index < -0.39 is 0 Å². The Morgan fingerprint density at radius 2 is 2.47 bits per heavy atom. The van der Waals surface area contributed by atoms with Gasteiger partial charge in [0.15, 0.2) is 0 Å². The van der Waals surface area contributed by atoms with Crippen LogP contribution in [0.5, 0.6) is 0 Å². The van der Waals surface area contributed by atoms with Gasteiger partial charge in [0.2, 0.25) is 0 Å². The van der Waals surface area contributed by atoms with Crippen molar-refractivity contribution >= 4 is 5.82 Å². The number of hydrogen-bond donors (Lipinski definition) is 1. The Bertz CT molecular complexity index is 386. The van der Waals surface area contributed by atoms with Gasteiger partial charge in [-0.3, -0.25) is 0 Å². The van der Waals surface area contributed by atoms with Crippen molar-refractivity contribution in [2.24, 2.45) is 5.73 Å². The summed E-state index contributed by atoms with van der Waals surface area (Å²) in [6, 6.07) is 1.76. The van der Waals surface area contributed by atoms with Crippen molar-refractivity contribution in [3.05, 3.63) is 23.6 Å². The number of halogens is 1. The van der Waals surface area contributed by atoms with E-state index >= 15 is 0 Å². The highest BCUT2D eigenvalue weighted by atomic mass is 19.1. The first-order chi connectivity index (χ1) is 8.26. The van der Waals surface area contributed by atoms with Crippen LogP contribution >= 0.6 is 0 Å². The molecule has 0 amide bonds. The minimum Gasteiger partial charge on any atom is -0.377 e. The smallest absolute Gasteiger partial charge is 0.141 e. The molecule has 0 saturated carbocycles. The fraction of sp³-hybridized carbons (Fsp3) is 0.583. The standard InChI is InChI=1S/C12H18FN3O/c1-2-11-8-17-4-3-16(11)12-9(6-14)5-10(13)7-15-12/h5,7,11H,2-4,6,8,14H2,1H3. The van der Waals surface area contributed by atoms with E-state index in [-0.39, 0.29) is 5.82 Å². The molecule has 1 aromatic rings.